The number of rotatable bonds is 6. The Bertz CT molecular complexity index is 835. The van der Waals surface area contributed by atoms with Gasteiger partial charge in [0.15, 0.2) is 5.41 Å². The first-order valence-electron chi connectivity index (χ1n) is 9.97. The molecule has 2 aliphatic rings. The van der Waals surface area contributed by atoms with Crippen LogP contribution in [0.15, 0.2) is 42.2 Å². The van der Waals surface area contributed by atoms with Gasteiger partial charge in [-0.3, -0.25) is 9.59 Å². The van der Waals surface area contributed by atoms with E-state index in [9.17, 15) is 14.7 Å². The fourth-order valence-electron chi connectivity index (χ4n) is 4.56. The van der Waals surface area contributed by atoms with Crippen molar-refractivity contribution in [3.8, 4) is 0 Å². The monoisotopic (exact) mass is 400 g/mol. The predicted molar refractivity (Wildman–Crippen MR) is 108 cm³/mol. The molecule has 0 fully saturated rings. The highest BCUT2D eigenvalue weighted by Crippen LogP contribution is 2.55. The maximum Gasteiger partial charge on any atom is 0.323 e. The van der Waals surface area contributed by atoms with E-state index in [0.29, 0.717) is 17.8 Å². The summed E-state index contributed by atoms with van der Waals surface area (Å²) in [7, 11) is 1.51. The smallest absolute Gasteiger partial charge is 0.323 e. The predicted octanol–water partition coefficient (Wildman–Crippen LogP) is 3.56. The van der Waals surface area contributed by atoms with Crippen molar-refractivity contribution in [2.75, 3.05) is 20.3 Å². The minimum atomic E-state index is -1.48. The molecule has 2 aliphatic carbocycles. The molecule has 0 saturated carbocycles. The van der Waals surface area contributed by atoms with Crippen LogP contribution in [0.4, 0.5) is 0 Å². The molecule has 0 amide bonds. The Morgan fingerprint density at radius 1 is 1.17 bits per heavy atom. The maximum absolute atomic E-state index is 13.0. The van der Waals surface area contributed by atoms with Crippen molar-refractivity contribution in [1.29, 1.82) is 0 Å². The van der Waals surface area contributed by atoms with Gasteiger partial charge in [-0.2, -0.15) is 0 Å². The number of methoxy groups -OCH3 is 1. The summed E-state index contributed by atoms with van der Waals surface area (Å²) in [5.41, 5.74) is 1.93. The fourth-order valence-corrected chi connectivity index (χ4v) is 4.56. The summed E-state index contributed by atoms with van der Waals surface area (Å²) in [6, 6.07) is 7.64. The fraction of sp³-hybridized carbons (Fsp3) is 0.478. The Balaban J connectivity index is 2.21. The Kier molecular flexibility index (Phi) is 6.13. The number of hydrogen-bond donors (Lipinski definition) is 1. The van der Waals surface area contributed by atoms with Gasteiger partial charge in [-0.1, -0.05) is 30.8 Å². The van der Waals surface area contributed by atoms with E-state index in [-0.39, 0.29) is 32.0 Å². The molecule has 1 aromatic carbocycles. The highest BCUT2D eigenvalue weighted by molar-refractivity contribution is 6.02. The van der Waals surface area contributed by atoms with E-state index < -0.39 is 23.5 Å². The molecule has 0 aliphatic heterocycles. The molecule has 1 N–H and O–H groups in total. The standard InChI is InChI=1S/C23H28O6/c1-5-28-21(25)23(22(26)29-6-2)12-15-11-19(24)16-9-7-8-10-17(16)20(15)18(13-23)14(3)27-4/h7-10,15,19,24H,3,5-6,11-13H2,1-2,4H3/t15-,19-/m0/s1. The van der Waals surface area contributed by atoms with Gasteiger partial charge in [-0.05, 0) is 54.9 Å². The van der Waals surface area contributed by atoms with Gasteiger partial charge in [-0.15, -0.1) is 0 Å². The zero-order valence-electron chi connectivity index (χ0n) is 17.2. The van der Waals surface area contributed by atoms with E-state index in [4.69, 9.17) is 14.2 Å². The molecule has 0 aromatic heterocycles. The lowest BCUT2D eigenvalue weighted by molar-refractivity contribution is -0.174. The first kappa shape index (κ1) is 21.1. The quantitative estimate of drug-likeness (QED) is 0.447. The van der Waals surface area contributed by atoms with E-state index in [1.54, 1.807) is 13.8 Å². The molecule has 0 bridgehead atoms. The van der Waals surface area contributed by atoms with Gasteiger partial charge in [0.05, 0.1) is 26.4 Å². The van der Waals surface area contributed by atoms with Gasteiger partial charge in [0, 0.05) is 6.42 Å². The van der Waals surface area contributed by atoms with Crippen molar-refractivity contribution in [3.63, 3.8) is 0 Å². The molecule has 6 heteroatoms. The largest absolute Gasteiger partial charge is 0.497 e. The first-order valence-corrected chi connectivity index (χ1v) is 9.97. The zero-order valence-corrected chi connectivity index (χ0v) is 17.2. The number of carbonyl (C=O) groups excluding carboxylic acids is 2. The number of aliphatic hydroxyl groups is 1. The van der Waals surface area contributed by atoms with E-state index in [1.807, 2.05) is 24.3 Å². The molecule has 0 saturated heterocycles. The summed E-state index contributed by atoms with van der Waals surface area (Å²) in [6.45, 7) is 7.74. The molecule has 6 nitrogen and oxygen atoms in total. The zero-order chi connectivity index (χ0) is 21.2. The Morgan fingerprint density at radius 2 is 1.79 bits per heavy atom. The van der Waals surface area contributed by atoms with Crippen LogP contribution in [0, 0.1) is 11.3 Å². The normalized spacial score (nSPS) is 22.2. The minimum Gasteiger partial charge on any atom is -0.497 e. The van der Waals surface area contributed by atoms with Crippen LogP contribution >= 0.6 is 0 Å². The van der Waals surface area contributed by atoms with Crippen molar-refractivity contribution >= 4 is 17.5 Å². The second-order valence-electron chi connectivity index (χ2n) is 7.46. The van der Waals surface area contributed by atoms with Crippen LogP contribution < -0.4 is 0 Å². The Labute approximate surface area is 171 Å². The van der Waals surface area contributed by atoms with Crippen molar-refractivity contribution < 1.29 is 28.9 Å². The third kappa shape index (κ3) is 3.57. The highest BCUT2D eigenvalue weighted by atomic mass is 16.6. The lowest BCUT2D eigenvalue weighted by Gasteiger charge is -2.43. The van der Waals surface area contributed by atoms with Crippen molar-refractivity contribution in [1.82, 2.24) is 0 Å². The van der Waals surface area contributed by atoms with E-state index in [1.165, 1.54) is 7.11 Å². The summed E-state index contributed by atoms with van der Waals surface area (Å²) in [5, 5.41) is 10.7. The van der Waals surface area contributed by atoms with Crippen LogP contribution in [0.1, 0.15) is 50.3 Å². The molecule has 1 aromatic rings. The molecule has 3 rings (SSSR count). The van der Waals surface area contributed by atoms with Gasteiger partial charge in [0.2, 0.25) is 0 Å². The SMILES string of the molecule is C=C(OC)C1=C2c3ccccc3[C@@H](O)C[C@H]2CC(C(=O)OCC)(C(=O)OCC)C1. The third-order valence-corrected chi connectivity index (χ3v) is 5.84. The number of fused-ring (bicyclic) bond motifs is 3. The number of carbonyl (C=O) groups is 2. The lowest BCUT2D eigenvalue weighted by Crippen LogP contribution is -2.47. The van der Waals surface area contributed by atoms with Crippen molar-refractivity contribution in [2.45, 2.75) is 39.2 Å². The Hall–Kier alpha value is -2.60. The number of allylic oxidation sites excluding steroid dienone is 2. The second kappa shape index (κ2) is 8.41. The van der Waals surface area contributed by atoms with E-state index in [0.717, 1.165) is 16.7 Å². The molecule has 0 unspecified atom stereocenters. The molecule has 0 heterocycles. The summed E-state index contributed by atoms with van der Waals surface area (Å²) >= 11 is 0. The molecular weight excluding hydrogens is 372 g/mol. The number of benzene rings is 1. The minimum absolute atomic E-state index is 0.0909. The number of hydrogen-bond acceptors (Lipinski definition) is 6. The summed E-state index contributed by atoms with van der Waals surface area (Å²) in [6.07, 6.45) is 0.0181. The van der Waals surface area contributed by atoms with Gasteiger partial charge < -0.3 is 19.3 Å². The average Bonchev–Trinajstić information content (AvgIpc) is 2.72. The maximum atomic E-state index is 13.0. The Morgan fingerprint density at radius 3 is 2.38 bits per heavy atom. The molecular formula is C23H28O6. The van der Waals surface area contributed by atoms with Gasteiger partial charge in [-0.25, -0.2) is 0 Å². The highest BCUT2D eigenvalue weighted by Gasteiger charge is 2.55. The van der Waals surface area contributed by atoms with Crippen LogP contribution in [0.25, 0.3) is 5.57 Å². The molecule has 0 radical (unpaired) electrons. The topological polar surface area (TPSA) is 82.1 Å². The van der Waals surface area contributed by atoms with E-state index >= 15 is 0 Å². The number of esters is 2. The first-order chi connectivity index (χ1) is 13.9. The number of ether oxygens (including phenoxy) is 3. The third-order valence-electron chi connectivity index (χ3n) is 5.84. The molecule has 29 heavy (non-hydrogen) atoms. The van der Waals surface area contributed by atoms with Crippen LogP contribution in [-0.2, 0) is 23.8 Å². The van der Waals surface area contributed by atoms with Gasteiger partial charge in [0.25, 0.3) is 0 Å². The average molecular weight is 400 g/mol. The van der Waals surface area contributed by atoms with Crippen LogP contribution in [0.5, 0.6) is 0 Å². The van der Waals surface area contributed by atoms with Crippen LogP contribution in [-0.4, -0.2) is 37.4 Å². The summed E-state index contributed by atoms with van der Waals surface area (Å²) < 4.78 is 16.0. The van der Waals surface area contributed by atoms with Crippen LogP contribution in [0.3, 0.4) is 0 Å². The molecule has 0 spiro atoms. The second-order valence-corrected chi connectivity index (χ2v) is 7.46. The molecule has 156 valence electrons. The van der Waals surface area contributed by atoms with Crippen molar-refractivity contribution in [3.05, 3.63) is 53.3 Å². The van der Waals surface area contributed by atoms with E-state index in [2.05, 4.69) is 6.58 Å². The van der Waals surface area contributed by atoms with Gasteiger partial charge >= 0.3 is 11.9 Å². The summed E-state index contributed by atoms with van der Waals surface area (Å²) in [4.78, 5) is 26.0. The van der Waals surface area contributed by atoms with Crippen LogP contribution in [0.2, 0.25) is 0 Å². The molecule has 2 atom stereocenters. The number of aliphatic hydroxyl groups excluding tert-OH is 1. The lowest BCUT2D eigenvalue weighted by atomic mass is 9.61. The van der Waals surface area contributed by atoms with Gasteiger partial charge in [0.1, 0.15) is 5.76 Å². The van der Waals surface area contributed by atoms with Crippen molar-refractivity contribution in [2.24, 2.45) is 11.3 Å². The summed E-state index contributed by atoms with van der Waals surface area (Å²) in [5.74, 6) is -1.04.